The molecule has 146 valence electrons. The number of rotatable bonds is 5. The molecule has 10 heteroatoms. The van der Waals surface area contributed by atoms with E-state index in [1.54, 1.807) is 0 Å². The van der Waals surface area contributed by atoms with Crippen LogP contribution in [0.3, 0.4) is 0 Å². The molecule has 4 rings (SSSR count). The van der Waals surface area contributed by atoms with Crippen molar-refractivity contribution in [2.75, 3.05) is 0 Å². The Morgan fingerprint density at radius 2 is 1.90 bits per heavy atom. The van der Waals surface area contributed by atoms with Crippen molar-refractivity contribution in [3.05, 3.63) is 82.4 Å². The van der Waals surface area contributed by atoms with Gasteiger partial charge >= 0.3 is 0 Å². The number of benzene rings is 2. The summed E-state index contributed by atoms with van der Waals surface area (Å²) in [5.74, 6) is -2.00. The van der Waals surface area contributed by atoms with E-state index in [9.17, 15) is 18.4 Å². The number of hydrogen-bond acceptors (Lipinski definition) is 5. The second kappa shape index (κ2) is 7.58. The lowest BCUT2D eigenvalue weighted by Gasteiger charge is -2.07. The molecule has 29 heavy (non-hydrogen) atoms. The minimum Gasteiger partial charge on any atom is -0.350 e. The van der Waals surface area contributed by atoms with E-state index in [0.717, 1.165) is 27.2 Å². The summed E-state index contributed by atoms with van der Waals surface area (Å²) in [5, 5.41) is 10.2. The fourth-order valence-corrected chi connectivity index (χ4v) is 2.78. The van der Waals surface area contributed by atoms with E-state index in [1.165, 1.54) is 6.07 Å². The largest absolute Gasteiger partial charge is 0.350 e. The maximum Gasteiger partial charge on any atom is 0.284 e. The quantitative estimate of drug-likeness (QED) is 0.553. The first-order valence-corrected chi connectivity index (χ1v) is 8.60. The molecule has 2 aromatic heterocycles. The molecule has 0 spiro atoms. The Labute approximate surface area is 162 Å². The molecule has 1 amide bonds. The van der Waals surface area contributed by atoms with Gasteiger partial charge in [-0.3, -0.25) is 14.2 Å². The number of amides is 1. The lowest BCUT2D eigenvalue weighted by atomic mass is 10.2. The van der Waals surface area contributed by atoms with Crippen LogP contribution in [0.4, 0.5) is 8.78 Å². The summed E-state index contributed by atoms with van der Waals surface area (Å²) in [5.41, 5.74) is 0.0948. The van der Waals surface area contributed by atoms with Crippen molar-refractivity contribution >= 4 is 17.1 Å². The Kier molecular flexibility index (Phi) is 4.82. The van der Waals surface area contributed by atoms with Crippen LogP contribution >= 0.6 is 0 Å². The highest BCUT2D eigenvalue weighted by molar-refractivity contribution is 5.76. The first-order chi connectivity index (χ1) is 14.0. The van der Waals surface area contributed by atoms with E-state index >= 15 is 0 Å². The van der Waals surface area contributed by atoms with Crippen molar-refractivity contribution in [2.24, 2.45) is 0 Å². The van der Waals surface area contributed by atoms with E-state index < -0.39 is 17.2 Å². The molecule has 0 unspecified atom stereocenters. The van der Waals surface area contributed by atoms with Gasteiger partial charge in [-0.1, -0.05) is 35.5 Å². The second-order valence-electron chi connectivity index (χ2n) is 6.21. The van der Waals surface area contributed by atoms with Gasteiger partial charge in [0.05, 0.1) is 0 Å². The van der Waals surface area contributed by atoms with Crippen LogP contribution in [0.15, 0.2) is 59.7 Å². The molecule has 0 aliphatic rings. The van der Waals surface area contributed by atoms with E-state index in [1.807, 2.05) is 30.3 Å². The van der Waals surface area contributed by atoms with E-state index in [4.69, 9.17) is 0 Å². The number of fused-ring (bicyclic) bond motifs is 1. The molecule has 8 nitrogen and oxygen atoms in total. The van der Waals surface area contributed by atoms with Gasteiger partial charge in [-0.2, -0.15) is 4.68 Å². The van der Waals surface area contributed by atoms with Crippen LogP contribution in [0.5, 0.6) is 0 Å². The number of carbonyl (C=O) groups is 1. The van der Waals surface area contributed by atoms with E-state index in [-0.39, 0.29) is 29.3 Å². The van der Waals surface area contributed by atoms with Gasteiger partial charge in [0.2, 0.25) is 5.91 Å². The number of aromatic nitrogens is 5. The highest BCUT2D eigenvalue weighted by Gasteiger charge is 2.17. The highest BCUT2D eigenvalue weighted by atomic mass is 19.1. The third-order valence-corrected chi connectivity index (χ3v) is 4.21. The Bertz CT molecular complexity index is 1250. The summed E-state index contributed by atoms with van der Waals surface area (Å²) in [4.78, 5) is 28.8. The zero-order valence-corrected chi connectivity index (χ0v) is 14.9. The monoisotopic (exact) mass is 396 g/mol. The van der Waals surface area contributed by atoms with Gasteiger partial charge in [-0.25, -0.2) is 13.8 Å². The Hall–Kier alpha value is -3.95. The van der Waals surface area contributed by atoms with Crippen LogP contribution in [0.2, 0.25) is 0 Å². The molecule has 0 aliphatic heterocycles. The SMILES string of the molecule is O=C(Cn1cnc2c(nnn2-c2ccc(F)cc2F)c1=O)NCc1ccccc1. The predicted molar refractivity (Wildman–Crippen MR) is 99.1 cm³/mol. The van der Waals surface area contributed by atoms with Crippen molar-refractivity contribution in [2.45, 2.75) is 13.1 Å². The topological polar surface area (TPSA) is 94.7 Å². The number of carbonyl (C=O) groups excluding carboxylic acids is 1. The maximum atomic E-state index is 14.0. The Balaban J connectivity index is 1.57. The van der Waals surface area contributed by atoms with Gasteiger partial charge in [0.25, 0.3) is 5.56 Å². The number of nitrogens with zero attached hydrogens (tertiary/aromatic N) is 5. The summed E-state index contributed by atoms with van der Waals surface area (Å²) in [7, 11) is 0. The molecule has 0 saturated carbocycles. The van der Waals surface area contributed by atoms with Gasteiger partial charge in [0.15, 0.2) is 17.0 Å². The molecular formula is C19H14F2N6O2. The van der Waals surface area contributed by atoms with Crippen LogP contribution in [0, 0.1) is 11.6 Å². The minimum absolute atomic E-state index is 0.00134. The average molecular weight is 396 g/mol. The average Bonchev–Trinajstić information content (AvgIpc) is 3.14. The van der Waals surface area contributed by atoms with Crippen molar-refractivity contribution in [3.63, 3.8) is 0 Å². The summed E-state index contributed by atoms with van der Waals surface area (Å²) >= 11 is 0. The first-order valence-electron chi connectivity index (χ1n) is 8.60. The summed E-state index contributed by atoms with van der Waals surface area (Å²) in [6.07, 6.45) is 1.16. The molecular weight excluding hydrogens is 382 g/mol. The normalized spacial score (nSPS) is 11.0. The predicted octanol–water partition coefficient (Wildman–Crippen LogP) is 1.57. The smallest absolute Gasteiger partial charge is 0.284 e. The molecule has 0 bridgehead atoms. The fourth-order valence-electron chi connectivity index (χ4n) is 2.78. The number of halogens is 2. The zero-order valence-electron chi connectivity index (χ0n) is 14.9. The van der Waals surface area contributed by atoms with Gasteiger partial charge < -0.3 is 5.32 Å². The van der Waals surface area contributed by atoms with Gasteiger partial charge in [0.1, 0.15) is 24.4 Å². The molecule has 1 N–H and O–H groups in total. The van der Waals surface area contributed by atoms with E-state index in [2.05, 4.69) is 20.6 Å². The van der Waals surface area contributed by atoms with Crippen LogP contribution in [-0.2, 0) is 17.9 Å². The van der Waals surface area contributed by atoms with Gasteiger partial charge in [0, 0.05) is 12.6 Å². The Morgan fingerprint density at radius 3 is 2.66 bits per heavy atom. The molecule has 0 fully saturated rings. The molecule has 4 aromatic rings. The summed E-state index contributed by atoms with van der Waals surface area (Å²) < 4.78 is 29.2. The summed E-state index contributed by atoms with van der Waals surface area (Å²) in [6, 6.07) is 12.2. The molecule has 0 aliphatic carbocycles. The van der Waals surface area contributed by atoms with Crippen molar-refractivity contribution in [1.82, 2.24) is 29.9 Å². The number of nitrogens with one attached hydrogen (secondary N) is 1. The van der Waals surface area contributed by atoms with Gasteiger partial charge in [-0.05, 0) is 17.7 Å². The summed E-state index contributed by atoms with van der Waals surface area (Å²) in [6.45, 7) is 0.0660. The van der Waals surface area contributed by atoms with Crippen LogP contribution in [-0.4, -0.2) is 30.5 Å². The highest BCUT2D eigenvalue weighted by Crippen LogP contribution is 2.16. The minimum atomic E-state index is -0.872. The van der Waals surface area contributed by atoms with Crippen LogP contribution in [0.1, 0.15) is 5.56 Å². The second-order valence-corrected chi connectivity index (χ2v) is 6.21. The van der Waals surface area contributed by atoms with Crippen LogP contribution < -0.4 is 10.9 Å². The van der Waals surface area contributed by atoms with Gasteiger partial charge in [-0.15, -0.1) is 5.10 Å². The zero-order chi connectivity index (χ0) is 20.4. The van der Waals surface area contributed by atoms with Crippen molar-refractivity contribution in [1.29, 1.82) is 0 Å². The lowest BCUT2D eigenvalue weighted by Crippen LogP contribution is -2.32. The third-order valence-electron chi connectivity index (χ3n) is 4.21. The molecule has 0 radical (unpaired) electrons. The lowest BCUT2D eigenvalue weighted by molar-refractivity contribution is -0.121. The third kappa shape index (κ3) is 3.72. The standard InChI is InChI=1S/C19H14F2N6O2/c20-13-6-7-15(14(21)8-13)27-18-17(24-25-27)19(29)26(11-23-18)10-16(28)22-9-12-4-2-1-3-5-12/h1-8,11H,9-10H2,(H,22,28). The van der Waals surface area contributed by atoms with Crippen LogP contribution in [0.25, 0.3) is 16.9 Å². The molecule has 2 heterocycles. The van der Waals surface area contributed by atoms with Crippen molar-refractivity contribution in [3.8, 4) is 5.69 Å². The Morgan fingerprint density at radius 1 is 1.10 bits per heavy atom. The molecule has 0 saturated heterocycles. The molecule has 0 atom stereocenters. The fraction of sp³-hybridized carbons (Fsp3) is 0.105. The number of hydrogen-bond donors (Lipinski definition) is 1. The van der Waals surface area contributed by atoms with E-state index in [0.29, 0.717) is 12.6 Å². The first kappa shape index (κ1) is 18.4. The molecule has 2 aromatic carbocycles. The van der Waals surface area contributed by atoms with Crippen molar-refractivity contribution < 1.29 is 13.6 Å². The maximum absolute atomic E-state index is 14.0.